The molecule has 0 aromatic carbocycles. The van der Waals surface area contributed by atoms with E-state index in [0.29, 0.717) is 5.82 Å². The van der Waals surface area contributed by atoms with Gasteiger partial charge in [-0.15, -0.1) is 11.3 Å². The number of nitrogens with zero attached hydrogens (tertiary/aromatic N) is 3. The van der Waals surface area contributed by atoms with Crippen LogP contribution >= 0.6 is 11.3 Å². The highest BCUT2D eigenvalue weighted by Crippen LogP contribution is 2.26. The minimum absolute atomic E-state index is 0.216. The molecule has 3 nitrogen and oxygen atoms in total. The Balaban J connectivity index is 2.48. The van der Waals surface area contributed by atoms with Crippen molar-refractivity contribution in [2.45, 2.75) is 26.7 Å². The Bertz CT molecular complexity index is 567. The quantitative estimate of drug-likeness (QED) is 0.840. The maximum absolute atomic E-state index is 9.23. The first-order valence-electron chi connectivity index (χ1n) is 5.91. The molecule has 0 saturated heterocycles. The van der Waals surface area contributed by atoms with Gasteiger partial charge < -0.3 is 0 Å². The van der Waals surface area contributed by atoms with Gasteiger partial charge in [-0.05, 0) is 30.4 Å². The third-order valence-electron chi connectivity index (χ3n) is 2.73. The van der Waals surface area contributed by atoms with Gasteiger partial charge in [-0.3, -0.25) is 0 Å². The fourth-order valence-corrected chi connectivity index (χ4v) is 2.47. The van der Waals surface area contributed by atoms with Gasteiger partial charge in [0.15, 0.2) is 0 Å². The summed E-state index contributed by atoms with van der Waals surface area (Å²) in [5.74, 6) is 0.604. The van der Waals surface area contributed by atoms with Crippen molar-refractivity contribution in [3.8, 4) is 16.6 Å². The number of hydrogen-bond donors (Lipinski definition) is 0. The maximum atomic E-state index is 9.23. The van der Waals surface area contributed by atoms with E-state index in [-0.39, 0.29) is 11.8 Å². The molecule has 0 N–H and O–H groups in total. The van der Waals surface area contributed by atoms with Crippen molar-refractivity contribution < 1.29 is 0 Å². The Morgan fingerprint density at radius 1 is 1.33 bits per heavy atom. The van der Waals surface area contributed by atoms with Gasteiger partial charge in [0.2, 0.25) is 0 Å². The maximum Gasteiger partial charge on any atom is 0.146 e. The highest BCUT2D eigenvalue weighted by Gasteiger charge is 2.19. The molecule has 0 amide bonds. The summed E-state index contributed by atoms with van der Waals surface area (Å²) in [7, 11) is 0. The van der Waals surface area contributed by atoms with Crippen molar-refractivity contribution in [2.75, 3.05) is 0 Å². The molecular formula is C14H15N3S. The molecule has 92 valence electrons. The summed E-state index contributed by atoms with van der Waals surface area (Å²) in [5.41, 5.74) is 1.82. The second-order valence-electron chi connectivity index (χ2n) is 4.58. The zero-order valence-electron chi connectivity index (χ0n) is 10.7. The molecule has 4 heteroatoms. The molecule has 2 heterocycles. The topological polar surface area (TPSA) is 49.6 Å². The van der Waals surface area contributed by atoms with Crippen LogP contribution in [0.15, 0.2) is 23.6 Å². The monoisotopic (exact) mass is 257 g/mol. The molecule has 0 saturated carbocycles. The van der Waals surface area contributed by atoms with Gasteiger partial charge in [0.05, 0.1) is 16.6 Å². The number of rotatable bonds is 3. The first-order chi connectivity index (χ1) is 8.61. The average Bonchev–Trinajstić information content (AvgIpc) is 2.82. The second-order valence-corrected chi connectivity index (χ2v) is 5.53. The number of thiophene rings is 1. The average molecular weight is 257 g/mol. The van der Waals surface area contributed by atoms with Crippen LogP contribution in [-0.4, -0.2) is 9.97 Å². The van der Waals surface area contributed by atoms with Gasteiger partial charge in [0, 0.05) is 5.69 Å². The van der Waals surface area contributed by atoms with Crippen LogP contribution in [0.4, 0.5) is 0 Å². The van der Waals surface area contributed by atoms with Crippen LogP contribution in [0.25, 0.3) is 10.6 Å². The van der Waals surface area contributed by atoms with E-state index in [0.717, 1.165) is 16.3 Å². The summed E-state index contributed by atoms with van der Waals surface area (Å²) in [4.78, 5) is 10.1. The van der Waals surface area contributed by atoms with E-state index >= 15 is 0 Å². The lowest BCUT2D eigenvalue weighted by atomic mass is 9.96. The van der Waals surface area contributed by atoms with Crippen molar-refractivity contribution in [1.29, 1.82) is 5.26 Å². The van der Waals surface area contributed by atoms with Crippen LogP contribution in [0.2, 0.25) is 0 Å². The first kappa shape index (κ1) is 12.7. The SMILES string of the molecule is Cc1cc(-c2cccs2)nc(C(C#N)C(C)C)n1. The predicted molar refractivity (Wildman–Crippen MR) is 73.3 cm³/mol. The zero-order chi connectivity index (χ0) is 13.1. The smallest absolute Gasteiger partial charge is 0.146 e. The molecule has 0 aliphatic carbocycles. The van der Waals surface area contributed by atoms with E-state index in [4.69, 9.17) is 0 Å². The summed E-state index contributed by atoms with van der Waals surface area (Å²) < 4.78 is 0. The molecule has 2 aromatic heterocycles. The number of aryl methyl sites for hydroxylation is 1. The molecule has 2 rings (SSSR count). The van der Waals surface area contributed by atoms with Crippen LogP contribution in [0.1, 0.15) is 31.3 Å². The van der Waals surface area contributed by atoms with Gasteiger partial charge in [0.1, 0.15) is 11.7 Å². The van der Waals surface area contributed by atoms with Crippen LogP contribution in [0, 0.1) is 24.2 Å². The third kappa shape index (κ3) is 2.57. The van der Waals surface area contributed by atoms with E-state index in [1.165, 1.54) is 0 Å². The number of nitriles is 1. The van der Waals surface area contributed by atoms with E-state index < -0.39 is 0 Å². The molecule has 0 fully saturated rings. The Morgan fingerprint density at radius 3 is 2.67 bits per heavy atom. The summed E-state index contributed by atoms with van der Waals surface area (Å²) in [6.45, 7) is 5.98. The highest BCUT2D eigenvalue weighted by atomic mass is 32.1. The Labute approximate surface area is 111 Å². The molecule has 0 bridgehead atoms. The van der Waals surface area contributed by atoms with Crippen molar-refractivity contribution in [1.82, 2.24) is 9.97 Å². The minimum atomic E-state index is -0.247. The standard InChI is InChI=1S/C14H15N3S/c1-9(2)11(8-15)14-16-10(3)7-12(17-14)13-5-4-6-18-13/h4-7,9,11H,1-3H3. The summed E-state index contributed by atoms with van der Waals surface area (Å²) in [6.07, 6.45) is 0. The van der Waals surface area contributed by atoms with Crippen LogP contribution in [0.3, 0.4) is 0 Å². The van der Waals surface area contributed by atoms with Crippen molar-refractivity contribution >= 4 is 11.3 Å². The van der Waals surface area contributed by atoms with Crippen molar-refractivity contribution in [2.24, 2.45) is 5.92 Å². The van der Waals surface area contributed by atoms with Crippen molar-refractivity contribution in [3.63, 3.8) is 0 Å². The molecule has 0 aliphatic heterocycles. The summed E-state index contributed by atoms with van der Waals surface area (Å²) in [6, 6.07) is 8.29. The number of aromatic nitrogens is 2. The van der Waals surface area contributed by atoms with Crippen molar-refractivity contribution in [3.05, 3.63) is 35.1 Å². The molecule has 0 aliphatic rings. The van der Waals surface area contributed by atoms with E-state index in [1.807, 2.05) is 44.4 Å². The third-order valence-corrected chi connectivity index (χ3v) is 3.62. The second kappa shape index (κ2) is 5.28. The molecular weight excluding hydrogens is 242 g/mol. The first-order valence-corrected chi connectivity index (χ1v) is 6.79. The Morgan fingerprint density at radius 2 is 2.11 bits per heavy atom. The zero-order valence-corrected chi connectivity index (χ0v) is 11.5. The van der Waals surface area contributed by atoms with Gasteiger partial charge in [-0.2, -0.15) is 5.26 Å². The minimum Gasteiger partial charge on any atom is -0.237 e. The highest BCUT2D eigenvalue weighted by molar-refractivity contribution is 7.13. The van der Waals surface area contributed by atoms with E-state index in [2.05, 4.69) is 16.0 Å². The van der Waals surface area contributed by atoms with E-state index in [1.54, 1.807) is 11.3 Å². The van der Waals surface area contributed by atoms with Gasteiger partial charge >= 0.3 is 0 Å². The van der Waals surface area contributed by atoms with Gasteiger partial charge in [-0.1, -0.05) is 19.9 Å². The fraction of sp³-hybridized carbons (Fsp3) is 0.357. The molecule has 0 spiro atoms. The molecule has 1 atom stereocenters. The summed E-state index contributed by atoms with van der Waals surface area (Å²) >= 11 is 1.65. The Kier molecular flexibility index (Phi) is 3.73. The fourth-order valence-electron chi connectivity index (χ4n) is 1.79. The Hall–Kier alpha value is -1.73. The summed E-state index contributed by atoms with van der Waals surface area (Å²) in [5, 5.41) is 11.3. The molecule has 18 heavy (non-hydrogen) atoms. The molecule has 1 unspecified atom stereocenters. The lowest BCUT2D eigenvalue weighted by Gasteiger charge is -2.12. The lowest BCUT2D eigenvalue weighted by molar-refractivity contribution is 0.560. The predicted octanol–water partition coefficient (Wildman–Crippen LogP) is 3.78. The molecule has 2 aromatic rings. The molecule has 0 radical (unpaired) electrons. The van der Waals surface area contributed by atoms with E-state index in [9.17, 15) is 5.26 Å². The normalized spacial score (nSPS) is 12.4. The lowest BCUT2D eigenvalue weighted by Crippen LogP contribution is -2.10. The van der Waals surface area contributed by atoms with Gasteiger partial charge in [-0.25, -0.2) is 9.97 Å². The van der Waals surface area contributed by atoms with Crippen LogP contribution in [0.5, 0.6) is 0 Å². The van der Waals surface area contributed by atoms with Crippen LogP contribution in [-0.2, 0) is 0 Å². The number of hydrogen-bond acceptors (Lipinski definition) is 4. The largest absolute Gasteiger partial charge is 0.237 e. The van der Waals surface area contributed by atoms with Gasteiger partial charge in [0.25, 0.3) is 0 Å². The van der Waals surface area contributed by atoms with Crippen LogP contribution < -0.4 is 0 Å².